The molecule has 2 aromatic heterocycles. The van der Waals surface area contributed by atoms with Crippen LogP contribution in [0.25, 0.3) is 17.2 Å². The number of nitrogen functional groups attached to an aromatic ring is 1. The van der Waals surface area contributed by atoms with Gasteiger partial charge in [0.1, 0.15) is 11.6 Å². The molecule has 0 bridgehead atoms. The van der Waals surface area contributed by atoms with Crippen molar-refractivity contribution >= 4 is 5.69 Å². The van der Waals surface area contributed by atoms with E-state index >= 15 is 0 Å². The van der Waals surface area contributed by atoms with Crippen LogP contribution in [-0.2, 0) is 0 Å². The first-order chi connectivity index (χ1) is 8.84. The zero-order valence-electron chi connectivity index (χ0n) is 9.69. The fraction of sp³-hybridized carbons (Fsp3) is 0. The summed E-state index contributed by atoms with van der Waals surface area (Å²) in [7, 11) is 0. The van der Waals surface area contributed by atoms with Gasteiger partial charge in [-0.1, -0.05) is 6.07 Å². The minimum atomic E-state index is 0.745. The molecule has 4 heteroatoms. The third kappa shape index (κ3) is 1.84. The molecule has 18 heavy (non-hydrogen) atoms. The van der Waals surface area contributed by atoms with Crippen molar-refractivity contribution < 1.29 is 0 Å². The number of aromatic nitrogens is 3. The van der Waals surface area contributed by atoms with E-state index in [-0.39, 0.29) is 0 Å². The molecule has 0 unspecified atom stereocenters. The Kier molecular flexibility index (Phi) is 2.53. The van der Waals surface area contributed by atoms with Crippen LogP contribution in [0, 0.1) is 0 Å². The average molecular weight is 236 g/mol. The summed E-state index contributed by atoms with van der Waals surface area (Å²) in [6, 6.07) is 13.4. The summed E-state index contributed by atoms with van der Waals surface area (Å²) in [5, 5.41) is 0. The summed E-state index contributed by atoms with van der Waals surface area (Å²) >= 11 is 0. The first kappa shape index (κ1) is 10.5. The Morgan fingerprint density at radius 1 is 0.889 bits per heavy atom. The maximum absolute atomic E-state index is 5.69. The highest BCUT2D eigenvalue weighted by molar-refractivity contribution is 5.60. The van der Waals surface area contributed by atoms with Gasteiger partial charge in [0.25, 0.3) is 0 Å². The maximum atomic E-state index is 5.69. The van der Waals surface area contributed by atoms with Gasteiger partial charge < -0.3 is 5.73 Å². The molecule has 4 nitrogen and oxygen atoms in total. The molecule has 1 aromatic carbocycles. The number of hydrogen-bond donors (Lipinski definition) is 1. The molecule has 88 valence electrons. The highest BCUT2D eigenvalue weighted by Crippen LogP contribution is 2.21. The van der Waals surface area contributed by atoms with E-state index in [0.29, 0.717) is 0 Å². The van der Waals surface area contributed by atoms with Crippen LogP contribution in [0.2, 0.25) is 0 Å². The van der Waals surface area contributed by atoms with Crippen LogP contribution >= 0.6 is 0 Å². The monoisotopic (exact) mass is 236 g/mol. The van der Waals surface area contributed by atoms with E-state index in [0.717, 1.165) is 22.9 Å². The molecule has 0 spiro atoms. The molecule has 0 amide bonds. The Bertz CT molecular complexity index is 641. The summed E-state index contributed by atoms with van der Waals surface area (Å²) in [6.07, 6.45) is 5.43. The fourth-order valence-electron chi connectivity index (χ4n) is 1.83. The van der Waals surface area contributed by atoms with E-state index in [1.807, 2.05) is 53.2 Å². The van der Waals surface area contributed by atoms with E-state index in [1.54, 1.807) is 12.4 Å². The molecule has 0 fully saturated rings. The summed E-state index contributed by atoms with van der Waals surface area (Å²) in [5.74, 6) is 1.70. The van der Waals surface area contributed by atoms with Crippen LogP contribution < -0.4 is 5.73 Å². The molecule has 0 aliphatic carbocycles. The molecule has 3 rings (SSSR count). The first-order valence-corrected chi connectivity index (χ1v) is 5.65. The zero-order chi connectivity index (χ0) is 12.4. The van der Waals surface area contributed by atoms with Crippen LogP contribution in [0.5, 0.6) is 0 Å². The molecule has 0 aliphatic heterocycles. The van der Waals surface area contributed by atoms with Gasteiger partial charge in [0.05, 0.1) is 0 Å². The van der Waals surface area contributed by atoms with E-state index in [2.05, 4.69) is 9.97 Å². The Morgan fingerprint density at radius 2 is 1.72 bits per heavy atom. The Labute approximate surface area is 105 Å². The van der Waals surface area contributed by atoms with E-state index in [4.69, 9.17) is 5.73 Å². The molecule has 0 aliphatic rings. The number of nitrogens with two attached hydrogens (primary N) is 1. The van der Waals surface area contributed by atoms with E-state index in [1.165, 1.54) is 0 Å². The second-order valence-electron chi connectivity index (χ2n) is 3.93. The lowest BCUT2D eigenvalue weighted by Gasteiger charge is -2.06. The standard InChI is InChI=1S/C14H12N4/c15-12-6-4-11(5-7-12)14-17-9-10-18(14)13-3-1-2-8-16-13/h1-10H,15H2. The normalized spacial score (nSPS) is 10.4. The van der Waals surface area contributed by atoms with Gasteiger partial charge in [-0.15, -0.1) is 0 Å². The van der Waals surface area contributed by atoms with Gasteiger partial charge in [0.2, 0.25) is 0 Å². The van der Waals surface area contributed by atoms with Crippen LogP contribution in [0.15, 0.2) is 61.1 Å². The average Bonchev–Trinajstić information content (AvgIpc) is 2.90. The number of hydrogen-bond acceptors (Lipinski definition) is 3. The fourth-order valence-corrected chi connectivity index (χ4v) is 1.83. The second-order valence-corrected chi connectivity index (χ2v) is 3.93. The van der Waals surface area contributed by atoms with Gasteiger partial charge in [0.15, 0.2) is 0 Å². The van der Waals surface area contributed by atoms with Crippen LogP contribution in [0.3, 0.4) is 0 Å². The SMILES string of the molecule is Nc1ccc(-c2nccn2-c2ccccn2)cc1. The van der Waals surface area contributed by atoms with Gasteiger partial charge in [-0.3, -0.25) is 4.57 Å². The van der Waals surface area contributed by atoms with Gasteiger partial charge in [-0.2, -0.15) is 0 Å². The van der Waals surface area contributed by atoms with Gasteiger partial charge in [-0.25, -0.2) is 9.97 Å². The number of anilines is 1. The largest absolute Gasteiger partial charge is 0.399 e. The summed E-state index contributed by atoms with van der Waals surface area (Å²) in [5.41, 5.74) is 7.45. The molecule has 0 saturated heterocycles. The van der Waals surface area contributed by atoms with Gasteiger partial charge in [0, 0.05) is 29.8 Å². The van der Waals surface area contributed by atoms with Crippen LogP contribution in [0.1, 0.15) is 0 Å². The van der Waals surface area contributed by atoms with Crippen molar-refractivity contribution in [2.24, 2.45) is 0 Å². The maximum Gasteiger partial charge on any atom is 0.145 e. The third-order valence-corrected chi connectivity index (χ3v) is 2.71. The predicted octanol–water partition coefficient (Wildman–Crippen LogP) is 2.52. The smallest absolute Gasteiger partial charge is 0.145 e. The van der Waals surface area contributed by atoms with Gasteiger partial charge >= 0.3 is 0 Å². The molecule has 2 heterocycles. The lowest BCUT2D eigenvalue weighted by Crippen LogP contribution is -1.98. The number of nitrogens with zero attached hydrogens (tertiary/aromatic N) is 3. The highest BCUT2D eigenvalue weighted by Gasteiger charge is 2.07. The molecule has 0 atom stereocenters. The van der Waals surface area contributed by atoms with Crippen LogP contribution in [0.4, 0.5) is 5.69 Å². The van der Waals surface area contributed by atoms with Crippen molar-refractivity contribution in [3.05, 3.63) is 61.1 Å². The molecule has 0 saturated carbocycles. The van der Waals surface area contributed by atoms with Crippen molar-refractivity contribution in [1.29, 1.82) is 0 Å². The second kappa shape index (κ2) is 4.33. The summed E-state index contributed by atoms with van der Waals surface area (Å²) in [4.78, 5) is 8.70. The number of benzene rings is 1. The molecular formula is C14H12N4. The van der Waals surface area contributed by atoms with E-state index < -0.39 is 0 Å². The molecule has 0 radical (unpaired) electrons. The van der Waals surface area contributed by atoms with Crippen molar-refractivity contribution in [2.75, 3.05) is 5.73 Å². The Balaban J connectivity index is 2.10. The predicted molar refractivity (Wildman–Crippen MR) is 71.2 cm³/mol. The van der Waals surface area contributed by atoms with Crippen molar-refractivity contribution in [3.8, 4) is 17.2 Å². The minimum absolute atomic E-state index is 0.745. The Morgan fingerprint density at radius 3 is 2.44 bits per heavy atom. The number of pyridine rings is 1. The third-order valence-electron chi connectivity index (χ3n) is 2.71. The van der Waals surface area contributed by atoms with Gasteiger partial charge in [-0.05, 0) is 36.4 Å². The Hall–Kier alpha value is -2.62. The lowest BCUT2D eigenvalue weighted by atomic mass is 10.2. The number of rotatable bonds is 2. The van der Waals surface area contributed by atoms with Crippen molar-refractivity contribution in [2.45, 2.75) is 0 Å². The topological polar surface area (TPSA) is 56.7 Å². The minimum Gasteiger partial charge on any atom is -0.399 e. The van der Waals surface area contributed by atoms with Crippen LogP contribution in [-0.4, -0.2) is 14.5 Å². The zero-order valence-corrected chi connectivity index (χ0v) is 9.69. The quantitative estimate of drug-likeness (QED) is 0.695. The molecular weight excluding hydrogens is 224 g/mol. The lowest BCUT2D eigenvalue weighted by molar-refractivity contribution is 1.00. The van der Waals surface area contributed by atoms with E-state index in [9.17, 15) is 0 Å². The molecule has 3 aromatic rings. The number of imidazole rings is 1. The summed E-state index contributed by atoms with van der Waals surface area (Å²) in [6.45, 7) is 0. The molecule has 2 N–H and O–H groups in total. The van der Waals surface area contributed by atoms with Crippen molar-refractivity contribution in [3.63, 3.8) is 0 Å². The van der Waals surface area contributed by atoms with Crippen molar-refractivity contribution in [1.82, 2.24) is 14.5 Å². The summed E-state index contributed by atoms with van der Waals surface area (Å²) < 4.78 is 1.95. The first-order valence-electron chi connectivity index (χ1n) is 5.65. The highest BCUT2D eigenvalue weighted by atomic mass is 15.1.